The molecule has 1 amide bonds. The van der Waals surface area contributed by atoms with Crippen LogP contribution < -0.4 is 15.8 Å². The molecule has 1 aromatic heterocycles. The fourth-order valence-electron chi connectivity index (χ4n) is 1.70. The van der Waals surface area contributed by atoms with Crippen molar-refractivity contribution in [1.29, 1.82) is 0 Å². The van der Waals surface area contributed by atoms with Gasteiger partial charge in [-0.05, 0) is 57.0 Å². The van der Waals surface area contributed by atoms with Crippen molar-refractivity contribution in [3.05, 3.63) is 47.7 Å². The molecule has 0 aliphatic heterocycles. The summed E-state index contributed by atoms with van der Waals surface area (Å²) in [4.78, 5) is 16.0. The van der Waals surface area contributed by atoms with E-state index in [2.05, 4.69) is 10.3 Å². The highest BCUT2D eigenvalue weighted by Gasteiger charge is 2.21. The van der Waals surface area contributed by atoms with E-state index in [0.29, 0.717) is 11.6 Å². The number of nitrogens with zero attached hydrogens (tertiary/aromatic N) is 1. The number of rotatable bonds is 4. The summed E-state index contributed by atoms with van der Waals surface area (Å²) in [6.45, 7) is 7.37. The molecule has 1 aromatic carbocycles. The van der Waals surface area contributed by atoms with Crippen molar-refractivity contribution >= 4 is 11.6 Å². The number of ether oxygens (including phenoxy) is 1. The normalized spacial score (nSPS) is 11.1. The molecule has 2 aromatic rings. The maximum atomic E-state index is 11.8. The number of anilines is 1. The maximum absolute atomic E-state index is 11.8. The second kappa shape index (κ2) is 6.15. The van der Waals surface area contributed by atoms with Gasteiger partial charge >= 0.3 is 0 Å². The van der Waals surface area contributed by atoms with Crippen LogP contribution in [0.5, 0.6) is 11.6 Å². The van der Waals surface area contributed by atoms with E-state index in [4.69, 9.17) is 10.5 Å². The Kier molecular flexibility index (Phi) is 4.47. The fraction of sp³-hybridized carbons (Fsp3) is 0.294. The molecule has 0 aliphatic carbocycles. The summed E-state index contributed by atoms with van der Waals surface area (Å²) in [6, 6.07) is 9.30. The van der Waals surface area contributed by atoms with Crippen molar-refractivity contribution in [3.63, 3.8) is 0 Å². The third kappa shape index (κ3) is 4.05. The number of amides is 1. The van der Waals surface area contributed by atoms with Crippen LogP contribution in [0.15, 0.2) is 36.5 Å². The van der Waals surface area contributed by atoms with Crippen LogP contribution in [0.1, 0.15) is 25.0 Å². The van der Waals surface area contributed by atoms with Crippen molar-refractivity contribution in [1.82, 2.24) is 4.98 Å². The molecule has 5 heteroatoms. The van der Waals surface area contributed by atoms with Gasteiger partial charge in [0.2, 0.25) is 11.8 Å². The van der Waals surface area contributed by atoms with Gasteiger partial charge in [0.25, 0.3) is 0 Å². The molecule has 0 saturated carbocycles. The average molecular weight is 299 g/mol. The first-order chi connectivity index (χ1) is 10.3. The molecule has 0 spiro atoms. The van der Waals surface area contributed by atoms with Crippen molar-refractivity contribution < 1.29 is 9.53 Å². The van der Waals surface area contributed by atoms with Crippen LogP contribution in [-0.4, -0.2) is 16.4 Å². The Morgan fingerprint density at radius 3 is 2.45 bits per heavy atom. The van der Waals surface area contributed by atoms with Crippen LogP contribution >= 0.6 is 0 Å². The van der Waals surface area contributed by atoms with E-state index in [1.165, 1.54) is 5.56 Å². The topological polar surface area (TPSA) is 77.2 Å². The Balaban J connectivity index is 2.06. The first kappa shape index (κ1) is 16.0. The fourth-order valence-corrected chi connectivity index (χ4v) is 1.70. The molecule has 3 N–H and O–H groups in total. The molecular weight excluding hydrogens is 278 g/mol. The Morgan fingerprint density at radius 1 is 1.18 bits per heavy atom. The van der Waals surface area contributed by atoms with Crippen molar-refractivity contribution in [2.24, 2.45) is 5.73 Å². The van der Waals surface area contributed by atoms with Crippen molar-refractivity contribution in [2.75, 3.05) is 5.32 Å². The largest absolute Gasteiger partial charge is 0.439 e. The second-order valence-corrected chi connectivity index (χ2v) is 5.91. The lowest BCUT2D eigenvalue weighted by Crippen LogP contribution is -2.45. The van der Waals surface area contributed by atoms with Gasteiger partial charge in [0.15, 0.2) is 0 Å². The van der Waals surface area contributed by atoms with E-state index in [9.17, 15) is 4.79 Å². The first-order valence-electron chi connectivity index (χ1n) is 7.07. The summed E-state index contributed by atoms with van der Waals surface area (Å²) < 4.78 is 5.69. The van der Waals surface area contributed by atoms with Crippen LogP contribution in [0.4, 0.5) is 5.69 Å². The molecular formula is C17H21N3O2. The summed E-state index contributed by atoms with van der Waals surface area (Å²) in [6.07, 6.45) is 1.54. The van der Waals surface area contributed by atoms with Crippen LogP contribution in [0, 0.1) is 13.8 Å². The van der Waals surface area contributed by atoms with Crippen LogP contribution in [0.2, 0.25) is 0 Å². The zero-order valence-corrected chi connectivity index (χ0v) is 13.3. The molecule has 0 aliphatic rings. The van der Waals surface area contributed by atoms with E-state index in [0.717, 1.165) is 11.3 Å². The Hall–Kier alpha value is -2.40. The maximum Gasteiger partial charge on any atom is 0.243 e. The Labute approximate surface area is 130 Å². The van der Waals surface area contributed by atoms with Gasteiger partial charge in [-0.25, -0.2) is 4.98 Å². The number of hydrogen-bond donors (Lipinski definition) is 2. The van der Waals surface area contributed by atoms with Gasteiger partial charge in [0.05, 0.1) is 17.4 Å². The number of pyridine rings is 1. The Morgan fingerprint density at radius 2 is 1.91 bits per heavy atom. The third-order valence-corrected chi connectivity index (χ3v) is 3.28. The van der Waals surface area contributed by atoms with E-state index in [1.807, 2.05) is 32.0 Å². The van der Waals surface area contributed by atoms with Gasteiger partial charge in [-0.3, -0.25) is 4.79 Å². The minimum atomic E-state index is -0.936. The molecule has 22 heavy (non-hydrogen) atoms. The zero-order chi connectivity index (χ0) is 16.3. The number of nitrogens with two attached hydrogens (primary N) is 1. The van der Waals surface area contributed by atoms with Gasteiger partial charge < -0.3 is 15.8 Å². The number of aromatic nitrogens is 1. The molecule has 0 atom stereocenters. The number of aryl methyl sites for hydroxylation is 2. The van der Waals surface area contributed by atoms with Gasteiger partial charge in [-0.15, -0.1) is 0 Å². The van der Waals surface area contributed by atoms with Gasteiger partial charge in [0, 0.05) is 6.07 Å². The predicted molar refractivity (Wildman–Crippen MR) is 87.1 cm³/mol. The molecule has 1 heterocycles. The number of carbonyl (C=O) groups is 1. The molecule has 5 nitrogen and oxygen atoms in total. The quantitative estimate of drug-likeness (QED) is 0.909. The number of benzene rings is 1. The lowest BCUT2D eigenvalue weighted by Gasteiger charge is -2.17. The SMILES string of the molecule is Cc1ccc(Oc2ccc(NC(=O)C(C)(C)N)cn2)cc1C. The molecule has 0 unspecified atom stereocenters. The van der Waals surface area contributed by atoms with Gasteiger partial charge in [-0.2, -0.15) is 0 Å². The third-order valence-electron chi connectivity index (χ3n) is 3.28. The molecule has 0 bridgehead atoms. The van der Waals surface area contributed by atoms with Crippen LogP contribution in [0.25, 0.3) is 0 Å². The summed E-state index contributed by atoms with van der Waals surface area (Å²) in [5.41, 5.74) is 7.74. The molecule has 116 valence electrons. The first-order valence-corrected chi connectivity index (χ1v) is 7.07. The summed E-state index contributed by atoms with van der Waals surface area (Å²) in [7, 11) is 0. The van der Waals surface area contributed by atoms with Crippen molar-refractivity contribution in [3.8, 4) is 11.6 Å². The highest BCUT2D eigenvalue weighted by molar-refractivity contribution is 5.97. The lowest BCUT2D eigenvalue weighted by atomic mass is 10.1. The number of carbonyl (C=O) groups excluding carboxylic acids is 1. The van der Waals surface area contributed by atoms with E-state index in [-0.39, 0.29) is 5.91 Å². The summed E-state index contributed by atoms with van der Waals surface area (Å²) in [5, 5.41) is 2.71. The summed E-state index contributed by atoms with van der Waals surface area (Å²) >= 11 is 0. The highest BCUT2D eigenvalue weighted by Crippen LogP contribution is 2.23. The van der Waals surface area contributed by atoms with Gasteiger partial charge in [0.1, 0.15) is 5.75 Å². The number of hydrogen-bond acceptors (Lipinski definition) is 4. The minimum Gasteiger partial charge on any atom is -0.439 e. The molecule has 0 fully saturated rings. The monoisotopic (exact) mass is 299 g/mol. The molecule has 0 radical (unpaired) electrons. The van der Waals surface area contributed by atoms with E-state index in [1.54, 1.807) is 32.2 Å². The smallest absolute Gasteiger partial charge is 0.243 e. The van der Waals surface area contributed by atoms with Crippen LogP contribution in [-0.2, 0) is 4.79 Å². The number of nitrogens with one attached hydrogen (secondary N) is 1. The average Bonchev–Trinajstić information content (AvgIpc) is 2.44. The summed E-state index contributed by atoms with van der Waals surface area (Å²) in [5.74, 6) is 0.931. The van der Waals surface area contributed by atoms with Gasteiger partial charge in [-0.1, -0.05) is 6.07 Å². The Bertz CT molecular complexity index is 673. The van der Waals surface area contributed by atoms with E-state index < -0.39 is 5.54 Å². The lowest BCUT2D eigenvalue weighted by molar-refractivity contribution is -0.120. The highest BCUT2D eigenvalue weighted by atomic mass is 16.5. The second-order valence-electron chi connectivity index (χ2n) is 5.91. The molecule has 0 saturated heterocycles. The van der Waals surface area contributed by atoms with E-state index >= 15 is 0 Å². The zero-order valence-electron chi connectivity index (χ0n) is 13.3. The standard InChI is InChI=1S/C17H21N3O2/c1-11-5-7-14(9-12(11)2)22-15-8-6-13(10-19-15)20-16(21)17(3,4)18/h5-10H,18H2,1-4H3,(H,20,21). The molecule has 2 rings (SSSR count). The minimum absolute atomic E-state index is 0.267. The predicted octanol–water partition coefficient (Wildman–Crippen LogP) is 3.17. The van der Waals surface area contributed by atoms with Crippen LogP contribution in [0.3, 0.4) is 0 Å². The van der Waals surface area contributed by atoms with Crippen molar-refractivity contribution in [2.45, 2.75) is 33.2 Å².